The average molecular weight is 394 g/mol. The number of benzene rings is 2. The second kappa shape index (κ2) is 7.92. The van der Waals surface area contributed by atoms with E-state index in [2.05, 4.69) is 9.88 Å². The second-order valence-electron chi connectivity index (χ2n) is 7.31. The number of phenolic OH excluding ortho intramolecular Hbond substituents is 1. The first-order valence-electron chi connectivity index (χ1n) is 9.66. The molecule has 0 aliphatic carbocycles. The Kier molecular flexibility index (Phi) is 5.18. The number of hydrogen-bond acceptors (Lipinski definition) is 5. The summed E-state index contributed by atoms with van der Waals surface area (Å²) in [6.45, 7) is 3.56. The summed E-state index contributed by atoms with van der Waals surface area (Å²) in [4.78, 5) is 32.5. The van der Waals surface area contributed by atoms with Crippen LogP contribution in [0.4, 0.5) is 5.69 Å². The van der Waals surface area contributed by atoms with Crippen LogP contribution in [0.2, 0.25) is 0 Å². The maximum atomic E-state index is 12.9. The summed E-state index contributed by atoms with van der Waals surface area (Å²) in [6, 6.07) is 14.5. The molecule has 1 aromatic heterocycles. The molecule has 1 saturated heterocycles. The predicted octanol–water partition coefficient (Wildman–Crippen LogP) is -0.507. The van der Waals surface area contributed by atoms with Crippen LogP contribution in [0, 0.1) is 0 Å². The van der Waals surface area contributed by atoms with E-state index < -0.39 is 5.91 Å². The van der Waals surface area contributed by atoms with Crippen molar-refractivity contribution in [3.8, 4) is 5.75 Å². The van der Waals surface area contributed by atoms with Crippen molar-refractivity contribution in [2.45, 2.75) is 13.1 Å². The van der Waals surface area contributed by atoms with Gasteiger partial charge in [-0.25, -0.2) is 4.98 Å². The Labute approximate surface area is 167 Å². The van der Waals surface area contributed by atoms with Crippen LogP contribution in [0.5, 0.6) is 5.75 Å². The molecule has 2 aromatic carbocycles. The first-order chi connectivity index (χ1) is 14.0. The van der Waals surface area contributed by atoms with Gasteiger partial charge in [0.05, 0.1) is 42.8 Å². The van der Waals surface area contributed by atoms with E-state index in [0.717, 1.165) is 31.9 Å². The zero-order valence-corrected chi connectivity index (χ0v) is 16.0. The average Bonchev–Trinajstić information content (AvgIpc) is 2.72. The SMILES string of the molecule is NC(=O)Cn1c(C[NH+]2CCN(c3ccccc3O)CC2)nc2ccccc2c1=O. The van der Waals surface area contributed by atoms with Crippen molar-refractivity contribution in [2.75, 3.05) is 31.1 Å². The number of amides is 1. The third-order valence-electron chi connectivity index (χ3n) is 5.36. The molecule has 1 aliphatic heterocycles. The van der Waals surface area contributed by atoms with Crippen molar-refractivity contribution in [1.29, 1.82) is 0 Å². The highest BCUT2D eigenvalue weighted by molar-refractivity contribution is 5.78. The van der Waals surface area contributed by atoms with Gasteiger partial charge < -0.3 is 20.6 Å². The number of hydrogen-bond donors (Lipinski definition) is 3. The third kappa shape index (κ3) is 3.93. The topological polar surface area (TPSA) is 106 Å². The summed E-state index contributed by atoms with van der Waals surface area (Å²) in [5.41, 5.74) is 6.59. The number of fused-ring (bicyclic) bond motifs is 1. The summed E-state index contributed by atoms with van der Waals surface area (Å²) in [6.07, 6.45) is 0. The van der Waals surface area contributed by atoms with Gasteiger partial charge in [-0.15, -0.1) is 0 Å². The molecule has 150 valence electrons. The van der Waals surface area contributed by atoms with E-state index in [9.17, 15) is 14.7 Å². The Balaban J connectivity index is 1.56. The Morgan fingerprint density at radius 3 is 2.52 bits per heavy atom. The Hall–Kier alpha value is -3.39. The molecule has 0 spiro atoms. The molecule has 1 amide bonds. The van der Waals surface area contributed by atoms with E-state index >= 15 is 0 Å². The molecule has 4 rings (SSSR count). The highest BCUT2D eigenvalue weighted by Gasteiger charge is 2.24. The van der Waals surface area contributed by atoms with E-state index in [1.807, 2.05) is 24.3 Å². The number of carbonyl (C=O) groups excluding carboxylic acids is 1. The minimum Gasteiger partial charge on any atom is -0.506 e. The molecule has 0 atom stereocenters. The molecule has 8 heteroatoms. The molecular weight excluding hydrogens is 370 g/mol. The monoisotopic (exact) mass is 394 g/mol. The molecule has 0 radical (unpaired) electrons. The van der Waals surface area contributed by atoms with Crippen molar-refractivity contribution in [2.24, 2.45) is 5.73 Å². The van der Waals surface area contributed by atoms with Gasteiger partial charge in [0, 0.05) is 0 Å². The van der Waals surface area contributed by atoms with Gasteiger partial charge in [-0.05, 0) is 24.3 Å². The smallest absolute Gasteiger partial charge is 0.262 e. The minimum absolute atomic E-state index is 0.177. The van der Waals surface area contributed by atoms with Gasteiger partial charge in [0.25, 0.3) is 5.56 Å². The van der Waals surface area contributed by atoms with Crippen molar-refractivity contribution >= 4 is 22.5 Å². The number of anilines is 1. The Bertz CT molecular complexity index is 1100. The molecule has 1 aliphatic rings. The first kappa shape index (κ1) is 18.9. The number of aromatic nitrogens is 2. The number of rotatable bonds is 5. The number of piperazine rings is 1. The summed E-state index contributed by atoms with van der Waals surface area (Å²) < 4.78 is 1.40. The van der Waals surface area contributed by atoms with E-state index in [1.165, 1.54) is 9.47 Å². The molecule has 29 heavy (non-hydrogen) atoms. The summed E-state index contributed by atoms with van der Waals surface area (Å²) in [5.74, 6) is 0.283. The fourth-order valence-corrected chi connectivity index (χ4v) is 3.86. The maximum Gasteiger partial charge on any atom is 0.262 e. The molecule has 0 saturated carbocycles. The zero-order chi connectivity index (χ0) is 20.4. The molecular formula is C21H24N5O3+. The molecule has 0 bridgehead atoms. The van der Waals surface area contributed by atoms with Crippen molar-refractivity contribution in [3.63, 3.8) is 0 Å². The minimum atomic E-state index is -0.565. The number of quaternary nitrogens is 1. The second-order valence-corrected chi connectivity index (χ2v) is 7.31. The quantitative estimate of drug-likeness (QED) is 0.541. The molecule has 2 heterocycles. The van der Waals surface area contributed by atoms with Crippen LogP contribution >= 0.6 is 0 Å². The van der Waals surface area contributed by atoms with Crippen molar-refractivity contribution in [1.82, 2.24) is 9.55 Å². The van der Waals surface area contributed by atoms with Crippen molar-refractivity contribution < 1.29 is 14.8 Å². The van der Waals surface area contributed by atoms with Gasteiger partial charge in [0.2, 0.25) is 5.91 Å². The number of carbonyl (C=O) groups is 1. The maximum absolute atomic E-state index is 12.9. The van der Waals surface area contributed by atoms with Crippen molar-refractivity contribution in [3.05, 3.63) is 64.7 Å². The normalized spacial score (nSPS) is 15.0. The van der Waals surface area contributed by atoms with Crippen LogP contribution in [-0.4, -0.2) is 46.7 Å². The Morgan fingerprint density at radius 1 is 1.10 bits per heavy atom. The van der Waals surface area contributed by atoms with Gasteiger partial charge >= 0.3 is 0 Å². The molecule has 3 aromatic rings. The molecule has 4 N–H and O–H groups in total. The highest BCUT2D eigenvalue weighted by atomic mass is 16.3. The van der Waals surface area contributed by atoms with Gasteiger partial charge in [0.1, 0.15) is 18.8 Å². The van der Waals surface area contributed by atoms with E-state index in [0.29, 0.717) is 23.3 Å². The lowest BCUT2D eigenvalue weighted by Gasteiger charge is -2.34. The fraction of sp³-hybridized carbons (Fsp3) is 0.286. The van der Waals surface area contributed by atoms with Crippen LogP contribution in [0.15, 0.2) is 53.3 Å². The van der Waals surface area contributed by atoms with Gasteiger partial charge in [-0.2, -0.15) is 0 Å². The zero-order valence-electron chi connectivity index (χ0n) is 16.0. The number of primary amides is 1. The lowest BCUT2D eigenvalue weighted by Crippen LogP contribution is -3.13. The number of para-hydroxylation sites is 3. The molecule has 0 unspecified atom stereocenters. The van der Waals surface area contributed by atoms with Gasteiger partial charge in [-0.1, -0.05) is 24.3 Å². The summed E-state index contributed by atoms with van der Waals surface area (Å²) in [5, 5.41) is 10.6. The number of nitrogens with one attached hydrogen (secondary N) is 1. The van der Waals surface area contributed by atoms with E-state index in [1.54, 1.807) is 24.3 Å². The van der Waals surface area contributed by atoms with E-state index in [-0.39, 0.29) is 17.9 Å². The lowest BCUT2D eigenvalue weighted by atomic mass is 10.2. The predicted molar refractivity (Wildman–Crippen MR) is 110 cm³/mol. The standard InChI is InChI=1S/C21H23N5O3/c22-19(28)13-26-20(23-16-6-2-1-5-15(16)21(26)29)14-24-9-11-25(12-10-24)17-7-3-4-8-18(17)27/h1-8,27H,9-14H2,(H2,22,28)/p+1. The van der Waals surface area contributed by atoms with E-state index in [4.69, 9.17) is 5.73 Å². The first-order valence-corrected chi connectivity index (χ1v) is 9.66. The number of nitrogens with zero attached hydrogens (tertiary/aromatic N) is 3. The fourth-order valence-electron chi connectivity index (χ4n) is 3.86. The Morgan fingerprint density at radius 2 is 1.79 bits per heavy atom. The van der Waals surface area contributed by atoms with Crippen LogP contribution in [0.25, 0.3) is 10.9 Å². The van der Waals surface area contributed by atoms with Crippen LogP contribution < -0.4 is 21.1 Å². The van der Waals surface area contributed by atoms with Crippen LogP contribution in [0.1, 0.15) is 5.82 Å². The number of aromatic hydroxyl groups is 1. The molecule has 1 fully saturated rings. The van der Waals surface area contributed by atoms with Crippen LogP contribution in [-0.2, 0) is 17.9 Å². The third-order valence-corrected chi connectivity index (χ3v) is 5.36. The van der Waals surface area contributed by atoms with Crippen LogP contribution in [0.3, 0.4) is 0 Å². The largest absolute Gasteiger partial charge is 0.506 e. The number of phenols is 1. The summed E-state index contributed by atoms with van der Waals surface area (Å²) in [7, 11) is 0. The highest BCUT2D eigenvalue weighted by Crippen LogP contribution is 2.26. The number of nitrogens with two attached hydrogens (primary N) is 1. The van der Waals surface area contributed by atoms with Gasteiger partial charge in [0.15, 0.2) is 5.82 Å². The summed E-state index contributed by atoms with van der Waals surface area (Å²) >= 11 is 0. The van der Waals surface area contributed by atoms with Gasteiger partial charge in [-0.3, -0.25) is 14.2 Å². The lowest BCUT2D eigenvalue weighted by molar-refractivity contribution is -0.915. The molecule has 8 nitrogen and oxygen atoms in total.